The fraction of sp³-hybridized carbons (Fsp3) is 0.417. The van der Waals surface area contributed by atoms with Crippen LogP contribution in [0, 0.1) is 11.7 Å². The van der Waals surface area contributed by atoms with E-state index in [1.54, 1.807) is 6.07 Å². The highest BCUT2D eigenvalue weighted by molar-refractivity contribution is 9.10. The predicted molar refractivity (Wildman–Crippen MR) is 65.1 cm³/mol. The van der Waals surface area contributed by atoms with Crippen molar-refractivity contribution in [2.24, 2.45) is 5.92 Å². The van der Waals surface area contributed by atoms with Crippen molar-refractivity contribution in [3.8, 4) is 0 Å². The summed E-state index contributed by atoms with van der Waals surface area (Å²) in [5, 5.41) is 0. The number of nitrogens with zero attached hydrogens (tertiary/aromatic N) is 1. The summed E-state index contributed by atoms with van der Waals surface area (Å²) in [6.45, 7) is 3.36. The number of anilines is 1. The Kier molecular flexibility index (Phi) is 3.28. The van der Waals surface area contributed by atoms with Gasteiger partial charge in [-0.3, -0.25) is 4.79 Å². The maximum Gasteiger partial charge on any atom is 0.139 e. The largest absolute Gasteiger partial charge is 0.369 e. The Morgan fingerprint density at radius 2 is 2.25 bits per heavy atom. The number of carbonyl (C=O) groups excluding carboxylic acids is 1. The van der Waals surface area contributed by atoms with Crippen LogP contribution >= 0.6 is 15.9 Å². The minimum absolute atomic E-state index is 0.0608. The molecule has 1 aliphatic rings. The lowest BCUT2D eigenvalue weighted by atomic mass is 9.98. The first-order valence-corrected chi connectivity index (χ1v) is 6.10. The van der Waals surface area contributed by atoms with Gasteiger partial charge in [-0.15, -0.1) is 0 Å². The number of Topliss-reactive ketones (excluding diaryl/α,β-unsaturated/α-hetero) is 1. The smallest absolute Gasteiger partial charge is 0.139 e. The van der Waals surface area contributed by atoms with Crippen LogP contribution in [0.3, 0.4) is 0 Å². The van der Waals surface area contributed by atoms with Crippen molar-refractivity contribution in [2.75, 3.05) is 18.0 Å². The van der Waals surface area contributed by atoms with Crippen LogP contribution in [0.1, 0.15) is 13.3 Å². The first kappa shape index (κ1) is 11.6. The van der Waals surface area contributed by atoms with Crippen molar-refractivity contribution in [3.63, 3.8) is 0 Å². The summed E-state index contributed by atoms with van der Waals surface area (Å²) in [5.74, 6) is 0.122. The summed E-state index contributed by atoms with van der Waals surface area (Å²) in [7, 11) is 0. The zero-order valence-corrected chi connectivity index (χ0v) is 10.6. The molecule has 0 aromatic heterocycles. The summed E-state index contributed by atoms with van der Waals surface area (Å²) in [6.07, 6.45) is 0.574. The highest BCUT2D eigenvalue weighted by atomic mass is 79.9. The lowest BCUT2D eigenvalue weighted by Crippen LogP contribution is -2.39. The second-order valence-electron chi connectivity index (χ2n) is 4.16. The number of halogens is 2. The molecule has 0 N–H and O–H groups in total. The maximum atomic E-state index is 13.0. The zero-order chi connectivity index (χ0) is 11.7. The van der Waals surface area contributed by atoms with E-state index in [1.807, 2.05) is 6.92 Å². The summed E-state index contributed by atoms with van der Waals surface area (Å²) in [5.41, 5.74) is 0.959. The van der Waals surface area contributed by atoms with Crippen LogP contribution in [-0.2, 0) is 4.79 Å². The molecule has 0 radical (unpaired) electrons. The van der Waals surface area contributed by atoms with E-state index in [0.29, 0.717) is 25.3 Å². The van der Waals surface area contributed by atoms with Gasteiger partial charge in [-0.1, -0.05) is 6.92 Å². The topological polar surface area (TPSA) is 20.3 Å². The van der Waals surface area contributed by atoms with Crippen molar-refractivity contribution >= 4 is 27.4 Å². The Hall–Kier alpha value is -0.900. The van der Waals surface area contributed by atoms with E-state index in [-0.39, 0.29) is 11.7 Å². The highest BCUT2D eigenvalue weighted by Crippen LogP contribution is 2.29. The molecule has 2 rings (SSSR count). The van der Waals surface area contributed by atoms with Crippen LogP contribution in [0.15, 0.2) is 22.7 Å². The molecule has 1 unspecified atom stereocenters. The SMILES string of the molecule is CC1CN(c2ccc(F)cc2Br)CCC1=O. The number of rotatable bonds is 1. The Morgan fingerprint density at radius 1 is 1.50 bits per heavy atom. The number of hydrogen-bond donors (Lipinski definition) is 0. The third kappa shape index (κ3) is 2.26. The normalized spacial score (nSPS) is 21.3. The van der Waals surface area contributed by atoms with Gasteiger partial charge in [0.25, 0.3) is 0 Å². The first-order valence-electron chi connectivity index (χ1n) is 5.30. The van der Waals surface area contributed by atoms with Crippen molar-refractivity contribution in [1.82, 2.24) is 0 Å². The van der Waals surface area contributed by atoms with Crippen LogP contribution in [0.4, 0.5) is 10.1 Å². The summed E-state index contributed by atoms with van der Waals surface area (Å²) >= 11 is 3.35. The number of hydrogen-bond acceptors (Lipinski definition) is 2. The quantitative estimate of drug-likeness (QED) is 0.791. The van der Waals surface area contributed by atoms with Gasteiger partial charge in [-0.05, 0) is 34.1 Å². The number of piperidine rings is 1. The molecule has 1 heterocycles. The third-order valence-electron chi connectivity index (χ3n) is 2.92. The Bertz CT molecular complexity index is 421. The molecule has 1 aromatic carbocycles. The van der Waals surface area contributed by atoms with Crippen molar-refractivity contribution in [3.05, 3.63) is 28.5 Å². The average Bonchev–Trinajstić information content (AvgIpc) is 2.22. The molecule has 1 aliphatic heterocycles. The van der Waals surface area contributed by atoms with Crippen molar-refractivity contribution < 1.29 is 9.18 Å². The van der Waals surface area contributed by atoms with Gasteiger partial charge in [0.2, 0.25) is 0 Å². The molecular weight excluding hydrogens is 273 g/mol. The molecule has 0 bridgehead atoms. The van der Waals surface area contributed by atoms with E-state index in [9.17, 15) is 9.18 Å². The molecule has 86 valence electrons. The van der Waals surface area contributed by atoms with Gasteiger partial charge in [0.15, 0.2) is 0 Å². The van der Waals surface area contributed by atoms with E-state index >= 15 is 0 Å². The lowest BCUT2D eigenvalue weighted by molar-refractivity contribution is -0.122. The molecule has 1 saturated heterocycles. The number of benzene rings is 1. The summed E-state index contributed by atoms with van der Waals surface area (Å²) in [6, 6.07) is 4.65. The van der Waals surface area contributed by atoms with E-state index < -0.39 is 0 Å². The summed E-state index contributed by atoms with van der Waals surface area (Å²) in [4.78, 5) is 13.5. The number of ketones is 1. The molecule has 0 spiro atoms. The van der Waals surface area contributed by atoms with Crippen molar-refractivity contribution in [2.45, 2.75) is 13.3 Å². The monoisotopic (exact) mass is 285 g/mol. The predicted octanol–water partition coefficient (Wildman–Crippen LogP) is 3.00. The molecule has 4 heteroatoms. The molecule has 0 aliphatic carbocycles. The molecule has 0 saturated carbocycles. The Balaban J connectivity index is 2.21. The molecule has 16 heavy (non-hydrogen) atoms. The van der Waals surface area contributed by atoms with Crippen LogP contribution in [0.5, 0.6) is 0 Å². The second kappa shape index (κ2) is 4.53. The fourth-order valence-electron chi connectivity index (χ4n) is 1.97. The molecule has 1 aromatic rings. The van der Waals surface area contributed by atoms with Crippen LogP contribution < -0.4 is 4.90 Å². The van der Waals surface area contributed by atoms with E-state index in [0.717, 1.165) is 10.2 Å². The number of carbonyl (C=O) groups is 1. The van der Waals surface area contributed by atoms with Crippen LogP contribution in [0.25, 0.3) is 0 Å². The van der Waals surface area contributed by atoms with Gasteiger partial charge in [0.05, 0.1) is 5.69 Å². The van der Waals surface area contributed by atoms with Crippen LogP contribution in [-0.4, -0.2) is 18.9 Å². The maximum absolute atomic E-state index is 13.0. The molecule has 1 atom stereocenters. The van der Waals surface area contributed by atoms with Gasteiger partial charge in [0, 0.05) is 29.9 Å². The van der Waals surface area contributed by atoms with E-state index in [1.165, 1.54) is 12.1 Å². The second-order valence-corrected chi connectivity index (χ2v) is 5.01. The minimum Gasteiger partial charge on any atom is -0.369 e. The van der Waals surface area contributed by atoms with Crippen molar-refractivity contribution in [1.29, 1.82) is 0 Å². The molecule has 1 fully saturated rings. The Morgan fingerprint density at radius 3 is 2.88 bits per heavy atom. The highest BCUT2D eigenvalue weighted by Gasteiger charge is 2.24. The molecule has 2 nitrogen and oxygen atoms in total. The fourth-order valence-corrected chi connectivity index (χ4v) is 2.57. The molecular formula is C12H13BrFNO. The minimum atomic E-state index is -0.253. The van der Waals surface area contributed by atoms with Gasteiger partial charge >= 0.3 is 0 Å². The van der Waals surface area contributed by atoms with Gasteiger partial charge < -0.3 is 4.90 Å². The van der Waals surface area contributed by atoms with Gasteiger partial charge in [0.1, 0.15) is 11.6 Å². The van der Waals surface area contributed by atoms with Gasteiger partial charge in [-0.2, -0.15) is 0 Å². The Labute approximate surface area is 103 Å². The molecule has 0 amide bonds. The van der Waals surface area contributed by atoms with E-state index in [4.69, 9.17) is 0 Å². The standard InChI is InChI=1S/C12H13BrFNO/c1-8-7-15(5-4-12(8)16)11-3-2-9(14)6-10(11)13/h2-3,6,8H,4-5,7H2,1H3. The van der Waals surface area contributed by atoms with Gasteiger partial charge in [-0.25, -0.2) is 4.39 Å². The zero-order valence-electron chi connectivity index (χ0n) is 9.04. The van der Waals surface area contributed by atoms with Crippen LogP contribution in [0.2, 0.25) is 0 Å². The van der Waals surface area contributed by atoms with E-state index in [2.05, 4.69) is 20.8 Å². The lowest BCUT2D eigenvalue weighted by Gasteiger charge is -2.32. The summed E-state index contributed by atoms with van der Waals surface area (Å²) < 4.78 is 13.7. The average molecular weight is 286 g/mol. The first-order chi connectivity index (χ1) is 7.58. The third-order valence-corrected chi connectivity index (χ3v) is 3.56.